The predicted octanol–water partition coefficient (Wildman–Crippen LogP) is 3.83. The van der Waals surface area contributed by atoms with Crippen LogP contribution in [0.15, 0.2) is 61.1 Å². The summed E-state index contributed by atoms with van der Waals surface area (Å²) in [7, 11) is 0. The summed E-state index contributed by atoms with van der Waals surface area (Å²) in [5.41, 5.74) is 3.35. The number of morpholine rings is 1. The van der Waals surface area contributed by atoms with Crippen LogP contribution in [0.2, 0.25) is 0 Å². The molecule has 0 saturated carbocycles. The normalized spacial score (nSPS) is 14.2. The van der Waals surface area contributed by atoms with E-state index in [4.69, 9.17) is 4.74 Å². The number of carbonyl (C=O) groups excluding carboxylic acids is 1. The number of aromatic nitrogens is 3. The Bertz CT molecular complexity index is 1200. The van der Waals surface area contributed by atoms with E-state index in [2.05, 4.69) is 19.9 Å². The third-order valence-corrected chi connectivity index (χ3v) is 5.30. The second-order valence-corrected chi connectivity index (χ2v) is 7.16. The molecule has 0 spiro atoms. The first kappa shape index (κ1) is 18.4. The van der Waals surface area contributed by atoms with Crippen LogP contribution in [0.3, 0.4) is 0 Å². The minimum absolute atomic E-state index is 0.180. The van der Waals surface area contributed by atoms with Gasteiger partial charge < -0.3 is 14.6 Å². The number of nitrogens with one attached hydrogen (secondary N) is 1. The van der Waals surface area contributed by atoms with Gasteiger partial charge in [0.15, 0.2) is 5.78 Å². The first-order valence-corrected chi connectivity index (χ1v) is 9.75. The van der Waals surface area contributed by atoms with Crippen molar-refractivity contribution in [2.24, 2.45) is 0 Å². The summed E-state index contributed by atoms with van der Waals surface area (Å²) in [6.07, 6.45) is 5.23. The topological polar surface area (TPSA) is 71.1 Å². The molecule has 5 rings (SSSR count). The molecule has 1 N–H and O–H groups in total. The van der Waals surface area contributed by atoms with Gasteiger partial charge in [0.05, 0.1) is 13.2 Å². The van der Waals surface area contributed by atoms with Crippen LogP contribution in [-0.2, 0) is 4.74 Å². The van der Waals surface area contributed by atoms with E-state index < -0.39 is 0 Å². The zero-order chi connectivity index (χ0) is 20.5. The van der Waals surface area contributed by atoms with Gasteiger partial charge in [0, 0.05) is 59.3 Å². The quantitative estimate of drug-likeness (QED) is 0.526. The first-order valence-electron chi connectivity index (χ1n) is 9.75. The van der Waals surface area contributed by atoms with Crippen molar-refractivity contribution in [3.63, 3.8) is 0 Å². The average Bonchev–Trinajstić information content (AvgIpc) is 3.23. The molecule has 1 aliphatic rings. The summed E-state index contributed by atoms with van der Waals surface area (Å²) in [5, 5.41) is 0.721. The molecule has 0 bridgehead atoms. The van der Waals surface area contributed by atoms with Gasteiger partial charge in [-0.05, 0) is 42.5 Å². The van der Waals surface area contributed by atoms with E-state index in [0.29, 0.717) is 30.0 Å². The zero-order valence-electron chi connectivity index (χ0n) is 16.1. The van der Waals surface area contributed by atoms with Gasteiger partial charge in [0.2, 0.25) is 0 Å². The molecule has 0 radical (unpaired) electrons. The first-order chi connectivity index (χ1) is 14.7. The van der Waals surface area contributed by atoms with E-state index in [-0.39, 0.29) is 11.6 Å². The number of carbonyl (C=O) groups is 1. The second kappa shape index (κ2) is 7.68. The number of H-pyrrole nitrogens is 1. The number of ketones is 1. The lowest BCUT2D eigenvalue weighted by molar-refractivity contribution is 0.104. The number of ether oxygens (including phenoxy) is 1. The van der Waals surface area contributed by atoms with Crippen molar-refractivity contribution in [3.05, 3.63) is 78.0 Å². The van der Waals surface area contributed by atoms with Gasteiger partial charge in [0.25, 0.3) is 0 Å². The molecule has 1 aromatic carbocycles. The molecular weight excluding hydrogens is 383 g/mol. The summed E-state index contributed by atoms with van der Waals surface area (Å²) in [6, 6.07) is 11.5. The molecule has 3 aromatic heterocycles. The van der Waals surface area contributed by atoms with E-state index in [1.54, 1.807) is 12.4 Å². The van der Waals surface area contributed by atoms with Gasteiger partial charge in [-0.3, -0.25) is 4.79 Å². The van der Waals surface area contributed by atoms with Gasteiger partial charge in [-0.1, -0.05) is 0 Å². The van der Waals surface area contributed by atoms with Crippen molar-refractivity contribution < 1.29 is 13.9 Å². The van der Waals surface area contributed by atoms with Crippen molar-refractivity contribution >= 4 is 22.6 Å². The number of anilines is 1. The zero-order valence-corrected chi connectivity index (χ0v) is 16.1. The van der Waals surface area contributed by atoms with Crippen LogP contribution in [0.1, 0.15) is 15.9 Å². The molecule has 150 valence electrons. The largest absolute Gasteiger partial charge is 0.378 e. The summed E-state index contributed by atoms with van der Waals surface area (Å²) in [6.45, 7) is 3.08. The van der Waals surface area contributed by atoms with Gasteiger partial charge in [-0.2, -0.15) is 0 Å². The van der Waals surface area contributed by atoms with E-state index in [1.807, 2.05) is 24.4 Å². The number of halogens is 1. The molecule has 6 nitrogen and oxygen atoms in total. The van der Waals surface area contributed by atoms with Crippen LogP contribution in [0.4, 0.5) is 10.2 Å². The Balaban J connectivity index is 1.46. The highest BCUT2D eigenvalue weighted by Crippen LogP contribution is 2.27. The maximum absolute atomic E-state index is 13.2. The monoisotopic (exact) mass is 402 g/mol. The Hall–Kier alpha value is -3.58. The molecule has 0 atom stereocenters. The van der Waals surface area contributed by atoms with Crippen LogP contribution >= 0.6 is 0 Å². The molecule has 0 unspecified atom stereocenters. The lowest BCUT2D eigenvalue weighted by Gasteiger charge is -2.27. The molecule has 1 aliphatic heterocycles. The summed E-state index contributed by atoms with van der Waals surface area (Å²) in [5.74, 6) is 0.369. The minimum Gasteiger partial charge on any atom is -0.378 e. The molecule has 4 heterocycles. The Labute approximate surface area is 172 Å². The van der Waals surface area contributed by atoms with E-state index in [9.17, 15) is 9.18 Å². The van der Waals surface area contributed by atoms with Crippen molar-refractivity contribution in [1.82, 2.24) is 15.0 Å². The van der Waals surface area contributed by atoms with Gasteiger partial charge in [-0.25, -0.2) is 14.4 Å². The number of aromatic amines is 1. The van der Waals surface area contributed by atoms with Crippen molar-refractivity contribution in [2.45, 2.75) is 0 Å². The molecule has 0 aliphatic carbocycles. The maximum Gasteiger partial charge on any atom is 0.195 e. The maximum atomic E-state index is 13.2. The van der Waals surface area contributed by atoms with Crippen LogP contribution < -0.4 is 4.90 Å². The highest BCUT2D eigenvalue weighted by atomic mass is 19.1. The Morgan fingerprint density at radius 1 is 1.00 bits per heavy atom. The number of rotatable bonds is 4. The fraction of sp³-hybridized carbons (Fsp3) is 0.174. The average molecular weight is 402 g/mol. The van der Waals surface area contributed by atoms with Crippen LogP contribution in [-0.4, -0.2) is 47.0 Å². The highest BCUT2D eigenvalue weighted by Gasteiger charge is 2.16. The van der Waals surface area contributed by atoms with Gasteiger partial charge in [-0.15, -0.1) is 0 Å². The van der Waals surface area contributed by atoms with Crippen LogP contribution in [0.5, 0.6) is 0 Å². The van der Waals surface area contributed by atoms with Crippen molar-refractivity contribution in [1.29, 1.82) is 0 Å². The van der Waals surface area contributed by atoms with Crippen molar-refractivity contribution in [2.75, 3.05) is 31.2 Å². The number of hydrogen-bond acceptors (Lipinski definition) is 5. The fourth-order valence-electron chi connectivity index (χ4n) is 3.64. The van der Waals surface area contributed by atoms with Crippen LogP contribution in [0.25, 0.3) is 22.2 Å². The number of benzene rings is 1. The van der Waals surface area contributed by atoms with E-state index in [0.717, 1.165) is 35.4 Å². The van der Waals surface area contributed by atoms with E-state index >= 15 is 0 Å². The fourth-order valence-corrected chi connectivity index (χ4v) is 3.64. The molecule has 1 fully saturated rings. The molecule has 1 saturated heterocycles. The Morgan fingerprint density at radius 3 is 2.50 bits per heavy atom. The SMILES string of the molecule is O=C(c1ccc(F)cc1)c1c[nH]c2ncc(-c3ccc(N4CCOCC4)nc3)cc12. The third-order valence-electron chi connectivity index (χ3n) is 5.30. The summed E-state index contributed by atoms with van der Waals surface area (Å²) >= 11 is 0. The third kappa shape index (κ3) is 3.44. The smallest absolute Gasteiger partial charge is 0.195 e. The summed E-state index contributed by atoms with van der Waals surface area (Å²) < 4.78 is 18.6. The Morgan fingerprint density at radius 2 is 1.77 bits per heavy atom. The molecular formula is C23H19FN4O2. The number of nitrogens with zero attached hydrogens (tertiary/aromatic N) is 3. The van der Waals surface area contributed by atoms with Crippen LogP contribution in [0, 0.1) is 5.82 Å². The molecule has 30 heavy (non-hydrogen) atoms. The molecule has 0 amide bonds. The van der Waals surface area contributed by atoms with E-state index in [1.165, 1.54) is 24.3 Å². The Kier molecular flexibility index (Phi) is 4.72. The minimum atomic E-state index is -0.373. The van der Waals surface area contributed by atoms with Gasteiger partial charge >= 0.3 is 0 Å². The number of fused-ring (bicyclic) bond motifs is 1. The lowest BCUT2D eigenvalue weighted by Crippen LogP contribution is -2.36. The standard InChI is InChI=1S/C23H19FN4O2/c24-18-4-1-15(2-5-18)22(29)20-14-27-23-19(20)11-17(13-26-23)16-3-6-21(25-12-16)28-7-9-30-10-8-28/h1-6,11-14H,7-10H2,(H,26,27). The summed E-state index contributed by atoms with van der Waals surface area (Å²) in [4.78, 5) is 27.2. The lowest BCUT2D eigenvalue weighted by atomic mass is 10.0. The second-order valence-electron chi connectivity index (χ2n) is 7.16. The molecule has 4 aromatic rings. The van der Waals surface area contributed by atoms with Gasteiger partial charge in [0.1, 0.15) is 17.3 Å². The number of pyridine rings is 2. The van der Waals surface area contributed by atoms with Crippen molar-refractivity contribution in [3.8, 4) is 11.1 Å². The highest BCUT2D eigenvalue weighted by molar-refractivity contribution is 6.16. The number of hydrogen-bond donors (Lipinski definition) is 1. The predicted molar refractivity (Wildman–Crippen MR) is 112 cm³/mol. The molecule has 7 heteroatoms.